The topological polar surface area (TPSA) is 57.4 Å². The Balaban J connectivity index is 1.16. The van der Waals surface area contributed by atoms with Crippen molar-refractivity contribution in [3.8, 4) is 44.5 Å². The largest absolute Gasteiger partial charge is 0.355 e. The van der Waals surface area contributed by atoms with Crippen LogP contribution in [-0.2, 0) is 10.8 Å². The Labute approximate surface area is 334 Å². The van der Waals surface area contributed by atoms with Gasteiger partial charge in [-0.2, -0.15) is 0 Å². The Morgan fingerprint density at radius 3 is 1.45 bits per heavy atom. The number of hydrogen-bond acceptors (Lipinski definition) is 2. The fourth-order valence-corrected chi connectivity index (χ4v) is 10.1. The lowest BCUT2D eigenvalue weighted by Crippen LogP contribution is -2.14. The third-order valence-corrected chi connectivity index (χ3v) is 13.5. The SMILES string of the molecule is Cc1c2nc(c(-c3ccc4c(c3)C(C)(C)c3ccccc3-4)c3ccc([nH]3)c(Br)c3nc(c(-c4ccc5c(c4)C(C)(C)c4ccccc4-5)c4ccc1[nH]4)C=C3)C=C2. The molecule has 4 aliphatic rings. The van der Waals surface area contributed by atoms with Crippen LogP contribution in [0, 0.1) is 6.92 Å². The Morgan fingerprint density at radius 2 is 0.875 bits per heavy atom. The number of aromatic amines is 2. The highest BCUT2D eigenvalue weighted by Gasteiger charge is 2.37. The van der Waals surface area contributed by atoms with Crippen molar-refractivity contribution in [2.75, 3.05) is 0 Å². The van der Waals surface area contributed by atoms with Crippen LogP contribution >= 0.6 is 15.9 Å². The number of fused-ring (bicyclic) bond motifs is 14. The minimum atomic E-state index is -0.114. The van der Waals surface area contributed by atoms with Crippen LogP contribution in [0.15, 0.2) is 114 Å². The molecule has 4 nitrogen and oxygen atoms in total. The first-order valence-electron chi connectivity index (χ1n) is 19.4. The Kier molecular flexibility index (Phi) is 6.98. The van der Waals surface area contributed by atoms with Gasteiger partial charge in [0.05, 0.1) is 32.8 Å². The van der Waals surface area contributed by atoms with Crippen LogP contribution in [0.4, 0.5) is 0 Å². The van der Waals surface area contributed by atoms with Crippen molar-refractivity contribution in [3.63, 3.8) is 0 Å². The minimum Gasteiger partial charge on any atom is -0.355 e. The van der Waals surface area contributed by atoms with Crippen molar-refractivity contribution in [3.05, 3.63) is 164 Å². The zero-order valence-electron chi connectivity index (χ0n) is 32.0. The molecule has 0 saturated carbocycles. The summed E-state index contributed by atoms with van der Waals surface area (Å²) in [4.78, 5) is 18.2. The van der Waals surface area contributed by atoms with Gasteiger partial charge in [0.15, 0.2) is 0 Å². The number of aryl methyl sites for hydroxylation is 1. The third kappa shape index (κ3) is 4.70. The summed E-state index contributed by atoms with van der Waals surface area (Å²) in [6.07, 6.45) is 8.57. The Morgan fingerprint density at radius 1 is 0.446 bits per heavy atom. The lowest BCUT2D eigenvalue weighted by molar-refractivity contribution is 0.660. The summed E-state index contributed by atoms with van der Waals surface area (Å²) >= 11 is 3.98. The van der Waals surface area contributed by atoms with Gasteiger partial charge in [0.2, 0.25) is 0 Å². The number of nitrogens with one attached hydrogen (secondary N) is 2. The van der Waals surface area contributed by atoms with E-state index in [4.69, 9.17) is 9.97 Å². The van der Waals surface area contributed by atoms with E-state index in [1.807, 2.05) is 0 Å². The Bertz CT molecular complexity index is 2900. The molecule has 4 aromatic carbocycles. The number of nitrogens with zero attached hydrogens (tertiary/aromatic N) is 2. The highest BCUT2D eigenvalue weighted by molar-refractivity contribution is 9.10. The van der Waals surface area contributed by atoms with E-state index < -0.39 is 0 Å². The fourth-order valence-electron chi connectivity index (χ4n) is 9.64. The van der Waals surface area contributed by atoms with Crippen LogP contribution in [0.3, 0.4) is 0 Å². The summed E-state index contributed by atoms with van der Waals surface area (Å²) in [5.41, 5.74) is 23.6. The molecule has 0 amide bonds. The highest BCUT2D eigenvalue weighted by atomic mass is 79.9. The van der Waals surface area contributed by atoms with E-state index in [0.29, 0.717) is 0 Å². The zero-order valence-corrected chi connectivity index (χ0v) is 33.6. The van der Waals surface area contributed by atoms with Gasteiger partial charge in [-0.1, -0.05) is 100 Å². The number of H-pyrrole nitrogens is 2. The number of rotatable bonds is 2. The summed E-state index contributed by atoms with van der Waals surface area (Å²) in [6, 6.07) is 40.2. The van der Waals surface area contributed by atoms with Gasteiger partial charge in [0.25, 0.3) is 0 Å². The molecule has 0 atom stereocenters. The lowest BCUT2D eigenvalue weighted by atomic mass is 9.81. The molecule has 3 aromatic heterocycles. The summed E-state index contributed by atoms with van der Waals surface area (Å²) in [5.74, 6) is 0. The normalized spacial score (nSPS) is 15.1. The van der Waals surface area contributed by atoms with Crippen LogP contribution in [-0.4, -0.2) is 19.9 Å². The lowest BCUT2D eigenvalue weighted by Gasteiger charge is -2.22. The fraction of sp³-hybridized carbons (Fsp3) is 0.137. The summed E-state index contributed by atoms with van der Waals surface area (Å²) in [5, 5.41) is 0. The van der Waals surface area contributed by atoms with E-state index in [0.717, 1.165) is 77.1 Å². The minimum absolute atomic E-state index is 0.114. The van der Waals surface area contributed by atoms with Crippen LogP contribution in [0.5, 0.6) is 0 Å². The van der Waals surface area contributed by atoms with Gasteiger partial charge in [-0.15, -0.1) is 0 Å². The van der Waals surface area contributed by atoms with E-state index >= 15 is 0 Å². The van der Waals surface area contributed by atoms with Gasteiger partial charge in [0, 0.05) is 38.5 Å². The molecule has 5 heterocycles. The van der Waals surface area contributed by atoms with Crippen molar-refractivity contribution < 1.29 is 0 Å². The standard InChI is InChI=1S/C51H39BrN4/c1-28-39-18-20-41(53-39)47(29-14-16-33-31-10-6-8-12-35(31)50(2,3)37(33)26-29)43-22-24-45(55-43)49(52)46-25-23-44(56-46)48(42-21-19-40(28)54-42)30-15-17-34-32-11-7-9-13-36(32)51(4,5)38(34)27-30/h6-27,53,56H,1-5H3. The van der Waals surface area contributed by atoms with Gasteiger partial charge in [-0.3, -0.25) is 0 Å². The van der Waals surface area contributed by atoms with Crippen LogP contribution < -0.4 is 0 Å². The van der Waals surface area contributed by atoms with Crippen LogP contribution in [0.1, 0.15) is 78.3 Å². The van der Waals surface area contributed by atoms with Crippen molar-refractivity contribution in [1.82, 2.24) is 19.9 Å². The predicted molar refractivity (Wildman–Crippen MR) is 237 cm³/mol. The first-order valence-corrected chi connectivity index (χ1v) is 20.1. The van der Waals surface area contributed by atoms with E-state index in [1.54, 1.807) is 0 Å². The molecule has 56 heavy (non-hydrogen) atoms. The molecule has 7 aromatic rings. The average molecular weight is 788 g/mol. The van der Waals surface area contributed by atoms with Crippen LogP contribution in [0.25, 0.3) is 90.9 Å². The maximum Gasteiger partial charge on any atom is 0.0801 e. The molecule has 0 fully saturated rings. The Hall–Kier alpha value is -6.04. The number of benzene rings is 4. The monoisotopic (exact) mass is 786 g/mol. The van der Waals surface area contributed by atoms with E-state index in [-0.39, 0.29) is 10.8 Å². The second-order valence-corrected chi connectivity index (χ2v) is 17.3. The molecule has 8 bridgehead atoms. The molecule has 5 heteroatoms. The second kappa shape index (κ2) is 11.7. The molecule has 0 unspecified atom stereocenters. The molecular weight excluding hydrogens is 748 g/mol. The maximum atomic E-state index is 5.35. The quantitative estimate of drug-likeness (QED) is 0.183. The average Bonchev–Trinajstić information content (AvgIpc) is 4.08. The smallest absolute Gasteiger partial charge is 0.0801 e. The molecule has 2 N–H and O–H groups in total. The third-order valence-electron chi connectivity index (χ3n) is 12.7. The van der Waals surface area contributed by atoms with Gasteiger partial charge in [-0.05, 0) is 145 Å². The number of halogens is 1. The molecule has 0 saturated heterocycles. The van der Waals surface area contributed by atoms with E-state index in [9.17, 15) is 0 Å². The van der Waals surface area contributed by atoms with Gasteiger partial charge < -0.3 is 9.97 Å². The molecule has 2 aliphatic carbocycles. The van der Waals surface area contributed by atoms with E-state index in [1.165, 1.54) is 44.5 Å². The molecule has 2 aliphatic heterocycles. The van der Waals surface area contributed by atoms with Crippen molar-refractivity contribution in [2.24, 2.45) is 0 Å². The number of aromatic nitrogens is 4. The predicted octanol–water partition coefficient (Wildman–Crippen LogP) is 13.7. The van der Waals surface area contributed by atoms with Gasteiger partial charge in [-0.25, -0.2) is 9.97 Å². The van der Waals surface area contributed by atoms with Crippen molar-refractivity contribution in [1.29, 1.82) is 0 Å². The summed E-state index contributed by atoms with van der Waals surface area (Å²) in [7, 11) is 0. The van der Waals surface area contributed by atoms with E-state index in [2.05, 4.69) is 194 Å². The molecule has 0 spiro atoms. The molecule has 0 radical (unpaired) electrons. The highest BCUT2D eigenvalue weighted by Crippen LogP contribution is 2.51. The summed E-state index contributed by atoms with van der Waals surface area (Å²) in [6.45, 7) is 11.5. The van der Waals surface area contributed by atoms with Crippen molar-refractivity contribution in [2.45, 2.75) is 45.4 Å². The molecule has 270 valence electrons. The first-order chi connectivity index (χ1) is 27.1. The van der Waals surface area contributed by atoms with Gasteiger partial charge in [0.1, 0.15) is 0 Å². The molecular formula is C51H39BrN4. The molecule has 11 rings (SSSR count). The first kappa shape index (κ1) is 33.3. The summed E-state index contributed by atoms with van der Waals surface area (Å²) < 4.78 is 0.907. The maximum absolute atomic E-state index is 5.35. The number of hydrogen-bond donors (Lipinski definition) is 2. The van der Waals surface area contributed by atoms with Crippen LogP contribution in [0.2, 0.25) is 0 Å². The van der Waals surface area contributed by atoms with Crippen molar-refractivity contribution >= 4 is 62.3 Å². The second-order valence-electron chi connectivity index (χ2n) is 16.6. The zero-order chi connectivity index (χ0) is 38.1. The van der Waals surface area contributed by atoms with Gasteiger partial charge >= 0.3 is 0 Å².